The average Bonchev–Trinajstić information content (AvgIpc) is 2.68. The Morgan fingerprint density at radius 1 is 1.00 bits per heavy atom. The van der Waals surface area contributed by atoms with E-state index in [9.17, 15) is 12.8 Å². The zero-order chi connectivity index (χ0) is 19.0. The van der Waals surface area contributed by atoms with Crippen molar-refractivity contribution in [1.82, 2.24) is 14.2 Å². The minimum atomic E-state index is -3.50. The highest BCUT2D eigenvalue weighted by Crippen LogP contribution is 2.25. The first-order chi connectivity index (χ1) is 12.9. The van der Waals surface area contributed by atoms with E-state index in [1.165, 1.54) is 16.6 Å². The van der Waals surface area contributed by atoms with Crippen LogP contribution in [0.4, 0.5) is 10.2 Å². The molecule has 8 heteroatoms. The number of halogens is 1. The van der Waals surface area contributed by atoms with Gasteiger partial charge in [0.05, 0.1) is 0 Å². The molecular weight excluding hydrogens is 367 g/mol. The molecule has 1 fully saturated rings. The van der Waals surface area contributed by atoms with Gasteiger partial charge < -0.3 is 9.80 Å². The highest BCUT2D eigenvalue weighted by Gasteiger charge is 2.28. The van der Waals surface area contributed by atoms with Gasteiger partial charge in [-0.25, -0.2) is 17.8 Å². The number of hydrogen-bond acceptors (Lipinski definition) is 5. The number of piperazine rings is 1. The minimum absolute atomic E-state index is 0.209. The van der Waals surface area contributed by atoms with Crippen LogP contribution in [-0.2, 0) is 23.0 Å². The van der Waals surface area contributed by atoms with Gasteiger partial charge in [0, 0.05) is 45.5 Å². The number of anilines is 1. The summed E-state index contributed by atoms with van der Waals surface area (Å²) in [5.74, 6) is 0.529. The monoisotopic (exact) mass is 390 g/mol. The van der Waals surface area contributed by atoms with Crippen LogP contribution in [0.1, 0.15) is 11.1 Å². The standard InChI is InChI=1S/C19H23FN4O2S/c1-22-8-10-24(11-9-22)27(25,26)18-4-5-19(21-13-18)23-7-6-15-12-17(20)3-2-16(15)14-23/h2-5,12-13H,6-11,14H2,1H3. The third-order valence-electron chi connectivity index (χ3n) is 5.33. The third-order valence-corrected chi connectivity index (χ3v) is 7.21. The summed E-state index contributed by atoms with van der Waals surface area (Å²) in [6, 6.07) is 8.27. The van der Waals surface area contributed by atoms with Gasteiger partial charge in [-0.3, -0.25) is 0 Å². The van der Waals surface area contributed by atoms with E-state index < -0.39 is 10.0 Å². The van der Waals surface area contributed by atoms with E-state index in [0.29, 0.717) is 19.6 Å². The molecule has 6 nitrogen and oxygen atoms in total. The highest BCUT2D eigenvalue weighted by molar-refractivity contribution is 7.89. The lowest BCUT2D eigenvalue weighted by Crippen LogP contribution is -2.47. The van der Waals surface area contributed by atoms with Crippen LogP contribution in [0.25, 0.3) is 0 Å². The lowest BCUT2D eigenvalue weighted by atomic mass is 10.00. The van der Waals surface area contributed by atoms with E-state index in [1.807, 2.05) is 13.1 Å². The minimum Gasteiger partial charge on any atom is -0.352 e. The molecule has 2 aliphatic heterocycles. The highest BCUT2D eigenvalue weighted by atomic mass is 32.2. The number of hydrogen-bond donors (Lipinski definition) is 0. The molecule has 2 aromatic rings. The first kappa shape index (κ1) is 18.3. The van der Waals surface area contributed by atoms with E-state index in [2.05, 4.69) is 14.8 Å². The van der Waals surface area contributed by atoms with Gasteiger partial charge in [0.15, 0.2) is 0 Å². The van der Waals surface area contributed by atoms with Gasteiger partial charge in [-0.2, -0.15) is 4.31 Å². The molecule has 0 unspecified atom stereocenters. The van der Waals surface area contributed by atoms with Crippen molar-refractivity contribution in [3.05, 3.63) is 53.5 Å². The van der Waals surface area contributed by atoms with E-state index in [0.717, 1.165) is 43.0 Å². The van der Waals surface area contributed by atoms with E-state index in [4.69, 9.17) is 0 Å². The molecule has 3 heterocycles. The van der Waals surface area contributed by atoms with Crippen LogP contribution in [0.3, 0.4) is 0 Å². The molecule has 0 spiro atoms. The predicted octanol–water partition coefficient (Wildman–Crippen LogP) is 1.72. The molecule has 27 heavy (non-hydrogen) atoms. The quantitative estimate of drug-likeness (QED) is 0.799. The van der Waals surface area contributed by atoms with E-state index in [-0.39, 0.29) is 10.7 Å². The Morgan fingerprint density at radius 3 is 2.48 bits per heavy atom. The number of pyridine rings is 1. The number of sulfonamides is 1. The number of fused-ring (bicyclic) bond motifs is 1. The third kappa shape index (κ3) is 3.69. The molecule has 144 valence electrons. The summed E-state index contributed by atoms with van der Waals surface area (Å²) in [7, 11) is -1.51. The number of nitrogens with zero attached hydrogens (tertiary/aromatic N) is 4. The average molecular weight is 390 g/mol. The molecule has 2 aliphatic rings. The second-order valence-corrected chi connectivity index (χ2v) is 9.08. The summed E-state index contributed by atoms with van der Waals surface area (Å²) in [6.45, 7) is 3.85. The zero-order valence-corrected chi connectivity index (χ0v) is 16.1. The van der Waals surface area contributed by atoms with Gasteiger partial charge in [-0.15, -0.1) is 0 Å². The van der Waals surface area contributed by atoms with Crippen molar-refractivity contribution in [2.45, 2.75) is 17.9 Å². The Balaban J connectivity index is 1.50. The Morgan fingerprint density at radius 2 is 1.78 bits per heavy atom. The van der Waals surface area contributed by atoms with Crippen molar-refractivity contribution in [3.8, 4) is 0 Å². The molecule has 0 saturated carbocycles. The lowest BCUT2D eigenvalue weighted by Gasteiger charge is -2.32. The first-order valence-electron chi connectivity index (χ1n) is 9.10. The second-order valence-electron chi connectivity index (χ2n) is 7.14. The molecule has 1 aromatic carbocycles. The molecule has 0 amide bonds. The summed E-state index contributed by atoms with van der Waals surface area (Å²) in [5, 5.41) is 0. The Bertz CT molecular complexity index is 925. The maximum absolute atomic E-state index is 13.4. The predicted molar refractivity (Wildman–Crippen MR) is 102 cm³/mol. The summed E-state index contributed by atoms with van der Waals surface area (Å²) in [6.07, 6.45) is 2.19. The molecule has 4 rings (SSSR count). The van der Waals surface area contributed by atoms with Crippen LogP contribution in [-0.4, -0.2) is 62.4 Å². The lowest BCUT2D eigenvalue weighted by molar-refractivity contribution is 0.222. The Hall–Kier alpha value is -2.03. The maximum atomic E-state index is 13.4. The van der Waals surface area contributed by atoms with Gasteiger partial charge in [0.1, 0.15) is 16.5 Å². The number of likely N-dealkylation sites (N-methyl/N-ethyl adjacent to an activating group) is 1. The molecule has 1 saturated heterocycles. The normalized spacial score (nSPS) is 19.1. The SMILES string of the molecule is CN1CCN(S(=O)(=O)c2ccc(N3CCc4cc(F)ccc4C3)nc2)CC1. The fourth-order valence-electron chi connectivity index (χ4n) is 3.61. The second kappa shape index (κ2) is 7.18. The fourth-order valence-corrected chi connectivity index (χ4v) is 4.97. The zero-order valence-electron chi connectivity index (χ0n) is 15.3. The largest absolute Gasteiger partial charge is 0.352 e. The van der Waals surface area contributed by atoms with Gasteiger partial charge in [-0.05, 0) is 48.9 Å². The smallest absolute Gasteiger partial charge is 0.244 e. The molecular formula is C19H23FN4O2S. The number of aromatic nitrogens is 1. The van der Waals surface area contributed by atoms with E-state index in [1.54, 1.807) is 18.2 Å². The van der Waals surface area contributed by atoms with Crippen LogP contribution in [0, 0.1) is 5.82 Å². The molecule has 0 N–H and O–H groups in total. The molecule has 0 bridgehead atoms. The Labute approximate surface area is 159 Å². The van der Waals surface area contributed by atoms with Gasteiger partial charge in [-0.1, -0.05) is 6.07 Å². The maximum Gasteiger partial charge on any atom is 0.244 e. The first-order valence-corrected chi connectivity index (χ1v) is 10.5. The topological polar surface area (TPSA) is 56.8 Å². The summed E-state index contributed by atoms with van der Waals surface area (Å²) >= 11 is 0. The van der Waals surface area contributed by atoms with Crippen LogP contribution >= 0.6 is 0 Å². The van der Waals surface area contributed by atoms with Crippen molar-refractivity contribution < 1.29 is 12.8 Å². The van der Waals surface area contributed by atoms with Gasteiger partial charge in [0.25, 0.3) is 0 Å². The molecule has 0 radical (unpaired) electrons. The summed E-state index contributed by atoms with van der Waals surface area (Å²) in [4.78, 5) is 8.84. The van der Waals surface area contributed by atoms with E-state index >= 15 is 0 Å². The van der Waals surface area contributed by atoms with Crippen LogP contribution in [0.2, 0.25) is 0 Å². The van der Waals surface area contributed by atoms with Crippen LogP contribution in [0.15, 0.2) is 41.4 Å². The molecule has 0 atom stereocenters. The van der Waals surface area contributed by atoms with Crippen molar-refractivity contribution in [1.29, 1.82) is 0 Å². The van der Waals surface area contributed by atoms with Gasteiger partial charge >= 0.3 is 0 Å². The van der Waals surface area contributed by atoms with Crippen molar-refractivity contribution in [2.24, 2.45) is 0 Å². The van der Waals surface area contributed by atoms with Crippen LogP contribution < -0.4 is 4.90 Å². The molecule has 1 aromatic heterocycles. The molecule has 0 aliphatic carbocycles. The fraction of sp³-hybridized carbons (Fsp3) is 0.421. The van der Waals surface area contributed by atoms with Gasteiger partial charge in [0.2, 0.25) is 10.0 Å². The van der Waals surface area contributed by atoms with Crippen molar-refractivity contribution in [2.75, 3.05) is 44.7 Å². The number of benzene rings is 1. The van der Waals surface area contributed by atoms with Crippen molar-refractivity contribution in [3.63, 3.8) is 0 Å². The summed E-state index contributed by atoms with van der Waals surface area (Å²) < 4.78 is 40.5. The Kier molecular flexibility index (Phi) is 4.88. The summed E-state index contributed by atoms with van der Waals surface area (Å²) in [5.41, 5.74) is 2.11. The van der Waals surface area contributed by atoms with Crippen LogP contribution in [0.5, 0.6) is 0 Å². The van der Waals surface area contributed by atoms with Crippen molar-refractivity contribution >= 4 is 15.8 Å². The number of rotatable bonds is 3.